The quantitative estimate of drug-likeness (QED) is 0.244. The van der Waals surface area contributed by atoms with Gasteiger partial charge in [-0.05, 0) is 61.2 Å². The van der Waals surface area contributed by atoms with Gasteiger partial charge in [0, 0.05) is 24.1 Å². The molecule has 0 spiro atoms. The van der Waals surface area contributed by atoms with Crippen molar-refractivity contribution in [1.29, 1.82) is 0 Å². The minimum Gasteiger partial charge on any atom is -0.468 e. The summed E-state index contributed by atoms with van der Waals surface area (Å²) in [6, 6.07) is 13.3. The van der Waals surface area contributed by atoms with Crippen molar-refractivity contribution in [2.45, 2.75) is 20.8 Å². The predicted molar refractivity (Wildman–Crippen MR) is 132 cm³/mol. The number of anilines is 1. The fourth-order valence-corrected chi connectivity index (χ4v) is 4.07. The second kappa shape index (κ2) is 11.4. The number of carbonyl (C=O) groups is 2. The predicted octanol–water partition coefficient (Wildman–Crippen LogP) is 5.84. The van der Waals surface area contributed by atoms with E-state index in [2.05, 4.69) is 5.32 Å². The minimum absolute atomic E-state index is 0.172. The van der Waals surface area contributed by atoms with E-state index in [1.807, 2.05) is 49.6 Å². The van der Waals surface area contributed by atoms with Gasteiger partial charge in [0.25, 0.3) is 0 Å². The lowest BCUT2D eigenvalue weighted by Gasteiger charge is -2.09. The van der Waals surface area contributed by atoms with Gasteiger partial charge in [0.1, 0.15) is 16.3 Å². The monoisotopic (exact) mass is 465 g/mol. The van der Waals surface area contributed by atoms with Crippen molar-refractivity contribution in [2.75, 3.05) is 25.8 Å². The van der Waals surface area contributed by atoms with Crippen LogP contribution in [0.1, 0.15) is 34.0 Å². The van der Waals surface area contributed by atoms with Gasteiger partial charge < -0.3 is 19.5 Å². The van der Waals surface area contributed by atoms with Crippen molar-refractivity contribution in [3.63, 3.8) is 0 Å². The van der Waals surface area contributed by atoms with Crippen LogP contribution in [0, 0.1) is 13.8 Å². The fourth-order valence-electron chi connectivity index (χ4n) is 3.10. The number of rotatable bonds is 9. The van der Waals surface area contributed by atoms with Crippen LogP contribution in [0.3, 0.4) is 0 Å². The molecule has 0 aliphatic heterocycles. The van der Waals surface area contributed by atoms with Crippen LogP contribution >= 0.6 is 11.3 Å². The number of aryl methyl sites for hydroxylation is 2. The summed E-state index contributed by atoms with van der Waals surface area (Å²) < 4.78 is 15.5. The van der Waals surface area contributed by atoms with Gasteiger partial charge in [0.05, 0.1) is 6.61 Å². The first kappa shape index (κ1) is 24.2. The van der Waals surface area contributed by atoms with E-state index in [-0.39, 0.29) is 19.3 Å². The van der Waals surface area contributed by atoms with Gasteiger partial charge in [0.2, 0.25) is 5.91 Å². The van der Waals surface area contributed by atoms with Gasteiger partial charge in [-0.2, -0.15) is 0 Å². The highest BCUT2D eigenvalue weighted by Gasteiger charge is 2.22. The van der Waals surface area contributed by atoms with Crippen molar-refractivity contribution in [3.05, 3.63) is 76.2 Å². The normalized spacial score (nSPS) is 10.9. The number of carbonyl (C=O) groups excluding carboxylic acids is 2. The third-order valence-corrected chi connectivity index (χ3v) is 5.87. The smallest absolute Gasteiger partial charge is 0.341 e. The van der Waals surface area contributed by atoms with Gasteiger partial charge in [-0.3, -0.25) is 4.79 Å². The second-order valence-corrected chi connectivity index (χ2v) is 8.20. The average molecular weight is 466 g/mol. The molecule has 0 unspecified atom stereocenters. The van der Waals surface area contributed by atoms with E-state index in [9.17, 15) is 9.59 Å². The van der Waals surface area contributed by atoms with Crippen molar-refractivity contribution in [1.82, 2.24) is 0 Å². The molecule has 1 amide bonds. The molecule has 0 saturated carbocycles. The number of esters is 1. The highest BCUT2D eigenvalue weighted by atomic mass is 32.1. The summed E-state index contributed by atoms with van der Waals surface area (Å²) in [6.07, 6.45) is 3.12. The zero-order valence-electron chi connectivity index (χ0n) is 19.1. The summed E-state index contributed by atoms with van der Waals surface area (Å²) in [4.78, 5) is 25.3. The molecule has 0 fully saturated rings. The Balaban J connectivity index is 1.80. The first-order valence-electron chi connectivity index (χ1n) is 10.5. The highest BCUT2D eigenvalue weighted by molar-refractivity contribution is 7.15. The summed E-state index contributed by atoms with van der Waals surface area (Å²) >= 11 is 1.30. The molecule has 6 nitrogen and oxygen atoms in total. The number of benzene rings is 2. The lowest BCUT2D eigenvalue weighted by Crippen LogP contribution is -2.12. The van der Waals surface area contributed by atoms with Crippen LogP contribution in [0.25, 0.3) is 17.2 Å². The molecule has 3 rings (SSSR count). The van der Waals surface area contributed by atoms with E-state index < -0.39 is 5.97 Å². The molecule has 0 saturated heterocycles. The molecule has 1 N–H and O–H groups in total. The van der Waals surface area contributed by atoms with Crippen LogP contribution in [0.2, 0.25) is 0 Å². The Morgan fingerprint density at radius 1 is 1.06 bits per heavy atom. The van der Waals surface area contributed by atoms with E-state index in [0.29, 0.717) is 16.3 Å². The van der Waals surface area contributed by atoms with Crippen molar-refractivity contribution in [2.24, 2.45) is 0 Å². The van der Waals surface area contributed by atoms with Crippen molar-refractivity contribution in [3.8, 4) is 16.9 Å². The van der Waals surface area contributed by atoms with Crippen LogP contribution in [-0.2, 0) is 14.3 Å². The summed E-state index contributed by atoms with van der Waals surface area (Å²) in [5.41, 5.74) is 5.15. The lowest BCUT2D eigenvalue weighted by molar-refractivity contribution is -0.111. The molecule has 33 heavy (non-hydrogen) atoms. The van der Waals surface area contributed by atoms with Gasteiger partial charge in [-0.15, -0.1) is 11.3 Å². The van der Waals surface area contributed by atoms with Crippen LogP contribution in [0.5, 0.6) is 5.75 Å². The maximum atomic E-state index is 12.7. The van der Waals surface area contributed by atoms with Gasteiger partial charge in [-0.25, -0.2) is 4.79 Å². The molecule has 172 valence electrons. The van der Waals surface area contributed by atoms with Crippen molar-refractivity contribution < 1.29 is 23.8 Å². The summed E-state index contributed by atoms with van der Waals surface area (Å²) in [5.74, 6) is -0.123. The zero-order chi connectivity index (χ0) is 23.8. The Kier molecular flexibility index (Phi) is 8.40. The van der Waals surface area contributed by atoms with E-state index in [1.165, 1.54) is 23.0 Å². The highest BCUT2D eigenvalue weighted by Crippen LogP contribution is 2.37. The zero-order valence-corrected chi connectivity index (χ0v) is 20.0. The number of ether oxygens (including phenoxy) is 3. The molecule has 3 aromatic rings. The molecule has 1 aromatic heterocycles. The molecule has 1 heterocycles. The third-order valence-electron chi connectivity index (χ3n) is 4.98. The number of methoxy groups -OCH3 is 1. The van der Waals surface area contributed by atoms with Gasteiger partial charge in [-0.1, -0.05) is 30.3 Å². The van der Waals surface area contributed by atoms with E-state index in [0.717, 1.165) is 22.3 Å². The Hall–Kier alpha value is -3.42. The largest absolute Gasteiger partial charge is 0.468 e. The maximum Gasteiger partial charge on any atom is 0.341 e. The molecule has 0 bridgehead atoms. The Bertz CT molecular complexity index is 1150. The third kappa shape index (κ3) is 6.31. The SMILES string of the molecule is CCOC(=O)c1c(-c2ccc(C)c(C)c2)csc1NC(=O)/C=C/c1ccc(OCOC)cc1. The topological polar surface area (TPSA) is 73.9 Å². The average Bonchev–Trinajstić information content (AvgIpc) is 3.22. The maximum absolute atomic E-state index is 12.7. The summed E-state index contributed by atoms with van der Waals surface area (Å²) in [7, 11) is 1.56. The van der Waals surface area contributed by atoms with Crippen LogP contribution in [0.15, 0.2) is 53.9 Å². The molecule has 0 aliphatic carbocycles. The molecule has 0 aliphatic rings. The Morgan fingerprint density at radius 2 is 1.82 bits per heavy atom. The Labute approximate surface area is 197 Å². The van der Waals surface area contributed by atoms with Gasteiger partial charge in [0.15, 0.2) is 6.79 Å². The molecular formula is C26H27NO5S. The summed E-state index contributed by atoms with van der Waals surface area (Å²) in [5, 5.41) is 5.15. The van der Waals surface area contributed by atoms with Crippen LogP contribution in [0.4, 0.5) is 5.00 Å². The lowest BCUT2D eigenvalue weighted by atomic mass is 9.99. The number of nitrogens with one attached hydrogen (secondary N) is 1. The standard InChI is InChI=1S/C26H27NO5S/c1-5-31-26(29)24-22(20-10-6-17(2)18(3)14-20)15-33-25(24)27-23(28)13-9-19-7-11-21(12-8-19)32-16-30-4/h6-15H,5,16H2,1-4H3,(H,27,28)/b13-9+. The second-order valence-electron chi connectivity index (χ2n) is 7.32. The van der Waals surface area contributed by atoms with Gasteiger partial charge >= 0.3 is 5.97 Å². The Morgan fingerprint density at radius 3 is 2.48 bits per heavy atom. The van der Waals surface area contributed by atoms with E-state index in [4.69, 9.17) is 14.2 Å². The van der Waals surface area contributed by atoms with E-state index >= 15 is 0 Å². The van der Waals surface area contributed by atoms with Crippen LogP contribution in [-0.4, -0.2) is 32.4 Å². The number of amides is 1. The molecule has 0 atom stereocenters. The summed E-state index contributed by atoms with van der Waals surface area (Å²) in [6.45, 7) is 6.24. The molecule has 0 radical (unpaired) electrons. The first-order chi connectivity index (χ1) is 15.9. The molecular weight excluding hydrogens is 438 g/mol. The first-order valence-corrected chi connectivity index (χ1v) is 11.4. The number of thiophene rings is 1. The van der Waals surface area contributed by atoms with Crippen LogP contribution < -0.4 is 10.1 Å². The number of hydrogen-bond acceptors (Lipinski definition) is 6. The molecule has 7 heteroatoms. The fraction of sp³-hybridized carbons (Fsp3) is 0.231. The van der Waals surface area contributed by atoms with Crippen molar-refractivity contribution >= 4 is 34.3 Å². The van der Waals surface area contributed by atoms with E-state index in [1.54, 1.807) is 32.2 Å². The molecule has 2 aromatic carbocycles. The minimum atomic E-state index is -0.460. The number of hydrogen-bond donors (Lipinski definition) is 1.